The van der Waals surface area contributed by atoms with E-state index < -0.39 is 6.10 Å². The molecular formula is C16H22N2O3. The Morgan fingerprint density at radius 2 is 2.19 bits per heavy atom. The van der Waals surface area contributed by atoms with Gasteiger partial charge in [0.2, 0.25) is 5.91 Å². The first-order chi connectivity index (χ1) is 10.1. The first kappa shape index (κ1) is 15.5. The van der Waals surface area contributed by atoms with Gasteiger partial charge in [-0.1, -0.05) is 6.92 Å². The summed E-state index contributed by atoms with van der Waals surface area (Å²) in [6.07, 6.45) is 1.69. The number of methoxy groups -OCH3 is 1. The maximum absolute atomic E-state index is 12.0. The van der Waals surface area contributed by atoms with E-state index in [9.17, 15) is 9.59 Å². The van der Waals surface area contributed by atoms with Gasteiger partial charge in [0, 0.05) is 31.5 Å². The number of benzene rings is 1. The van der Waals surface area contributed by atoms with Gasteiger partial charge in [-0.2, -0.15) is 0 Å². The van der Waals surface area contributed by atoms with Crippen molar-refractivity contribution in [2.75, 3.05) is 23.9 Å². The molecule has 2 amide bonds. The number of hydrogen-bond acceptors (Lipinski definition) is 3. The lowest BCUT2D eigenvalue weighted by Gasteiger charge is -2.29. The Morgan fingerprint density at radius 3 is 2.86 bits per heavy atom. The Kier molecular flexibility index (Phi) is 4.96. The van der Waals surface area contributed by atoms with Gasteiger partial charge in [-0.05, 0) is 43.5 Å². The van der Waals surface area contributed by atoms with E-state index in [1.54, 1.807) is 6.92 Å². The van der Waals surface area contributed by atoms with E-state index in [1.165, 1.54) is 7.11 Å². The number of amides is 2. The second-order valence-corrected chi connectivity index (χ2v) is 5.26. The van der Waals surface area contributed by atoms with Crippen molar-refractivity contribution in [3.63, 3.8) is 0 Å². The Balaban J connectivity index is 2.19. The molecule has 1 heterocycles. The van der Waals surface area contributed by atoms with E-state index in [-0.39, 0.29) is 11.8 Å². The second-order valence-electron chi connectivity index (χ2n) is 5.26. The number of aryl methyl sites for hydroxylation is 1. The number of ether oxygens (including phenoxy) is 1. The predicted molar refractivity (Wildman–Crippen MR) is 82.5 cm³/mol. The average Bonchev–Trinajstić information content (AvgIpc) is 2.49. The number of carbonyl (C=O) groups is 2. The maximum Gasteiger partial charge on any atom is 0.253 e. The monoisotopic (exact) mass is 290 g/mol. The van der Waals surface area contributed by atoms with Crippen LogP contribution in [-0.2, 0) is 20.7 Å². The summed E-state index contributed by atoms with van der Waals surface area (Å²) in [4.78, 5) is 25.6. The van der Waals surface area contributed by atoms with E-state index in [1.807, 2.05) is 23.1 Å². The van der Waals surface area contributed by atoms with Gasteiger partial charge in [0.1, 0.15) is 6.10 Å². The van der Waals surface area contributed by atoms with Crippen LogP contribution in [0.3, 0.4) is 0 Å². The summed E-state index contributed by atoms with van der Waals surface area (Å²) in [5.74, 6) is 0.00360. The fourth-order valence-electron chi connectivity index (χ4n) is 2.46. The minimum absolute atomic E-state index is 0.172. The molecule has 0 radical (unpaired) electrons. The van der Waals surface area contributed by atoms with Crippen LogP contribution in [-0.4, -0.2) is 31.6 Å². The molecule has 0 unspecified atom stereocenters. The Morgan fingerprint density at radius 1 is 1.43 bits per heavy atom. The van der Waals surface area contributed by atoms with Crippen molar-refractivity contribution in [1.82, 2.24) is 0 Å². The summed E-state index contributed by atoms with van der Waals surface area (Å²) >= 11 is 0. The summed E-state index contributed by atoms with van der Waals surface area (Å²) in [6, 6.07) is 5.69. The van der Waals surface area contributed by atoms with Crippen molar-refractivity contribution in [3.8, 4) is 0 Å². The minimum Gasteiger partial charge on any atom is -0.372 e. The first-order valence-electron chi connectivity index (χ1n) is 7.33. The smallest absolute Gasteiger partial charge is 0.253 e. The molecule has 2 rings (SSSR count). The number of carbonyl (C=O) groups excluding carboxylic acids is 2. The van der Waals surface area contributed by atoms with Crippen LogP contribution < -0.4 is 10.2 Å². The van der Waals surface area contributed by atoms with Crippen LogP contribution in [0.4, 0.5) is 11.4 Å². The molecule has 1 aliphatic heterocycles. The molecule has 1 N–H and O–H groups in total. The van der Waals surface area contributed by atoms with Crippen LogP contribution in [0.15, 0.2) is 18.2 Å². The van der Waals surface area contributed by atoms with Crippen LogP contribution in [0.5, 0.6) is 0 Å². The molecule has 0 saturated carbocycles. The van der Waals surface area contributed by atoms with Gasteiger partial charge in [0.05, 0.1) is 0 Å². The number of nitrogens with zero attached hydrogens (tertiary/aromatic N) is 1. The predicted octanol–water partition coefficient (Wildman–Crippen LogP) is 2.35. The Bertz CT molecular complexity index is 542. The largest absolute Gasteiger partial charge is 0.372 e. The normalized spacial score (nSPS) is 15.6. The van der Waals surface area contributed by atoms with Crippen LogP contribution in [0.25, 0.3) is 0 Å². The zero-order valence-electron chi connectivity index (χ0n) is 12.8. The topological polar surface area (TPSA) is 58.6 Å². The zero-order chi connectivity index (χ0) is 15.4. The highest BCUT2D eigenvalue weighted by molar-refractivity contribution is 5.98. The van der Waals surface area contributed by atoms with Crippen LogP contribution in [0.2, 0.25) is 0 Å². The highest BCUT2D eigenvalue weighted by atomic mass is 16.5. The molecule has 1 atom stereocenters. The molecule has 0 fully saturated rings. The number of nitrogens with one attached hydrogen (secondary N) is 1. The summed E-state index contributed by atoms with van der Waals surface area (Å²) in [7, 11) is 1.51. The van der Waals surface area contributed by atoms with Crippen LogP contribution >= 0.6 is 0 Å². The lowest BCUT2D eigenvalue weighted by Crippen LogP contribution is -2.35. The van der Waals surface area contributed by atoms with Gasteiger partial charge in [-0.15, -0.1) is 0 Å². The van der Waals surface area contributed by atoms with Crippen molar-refractivity contribution in [2.24, 2.45) is 0 Å². The van der Waals surface area contributed by atoms with Gasteiger partial charge in [-0.25, -0.2) is 0 Å². The first-order valence-corrected chi connectivity index (χ1v) is 7.33. The summed E-state index contributed by atoms with van der Waals surface area (Å²) in [6.45, 7) is 4.50. The highest BCUT2D eigenvalue weighted by Crippen LogP contribution is 2.30. The molecule has 5 nitrogen and oxygen atoms in total. The van der Waals surface area contributed by atoms with E-state index >= 15 is 0 Å². The number of anilines is 2. The third kappa shape index (κ3) is 3.42. The lowest BCUT2D eigenvalue weighted by molar-refractivity contribution is -0.124. The maximum atomic E-state index is 12.0. The van der Waals surface area contributed by atoms with Crippen LogP contribution in [0.1, 0.15) is 32.3 Å². The molecule has 5 heteroatoms. The van der Waals surface area contributed by atoms with Crippen molar-refractivity contribution in [3.05, 3.63) is 23.8 Å². The molecule has 0 aliphatic carbocycles. The molecule has 1 aromatic carbocycles. The molecule has 0 spiro atoms. The highest BCUT2D eigenvalue weighted by Gasteiger charge is 2.23. The fraction of sp³-hybridized carbons (Fsp3) is 0.500. The molecule has 0 aromatic heterocycles. The quantitative estimate of drug-likeness (QED) is 0.905. The standard InChI is InChI=1S/C16H22N2O3/c1-4-9-18-14-7-6-13(17-16(20)11(2)21-3)10-12(14)5-8-15(18)19/h6-7,10-11H,4-5,8-9H2,1-3H3,(H,17,20)/t11-/m1/s1. The summed E-state index contributed by atoms with van der Waals surface area (Å²) in [5, 5.41) is 2.83. The van der Waals surface area contributed by atoms with E-state index in [0.717, 1.165) is 36.3 Å². The Hall–Kier alpha value is -1.88. The number of hydrogen-bond donors (Lipinski definition) is 1. The van der Waals surface area contributed by atoms with Crippen LogP contribution in [0, 0.1) is 0 Å². The van der Waals surface area contributed by atoms with Gasteiger partial charge in [0.15, 0.2) is 0 Å². The second kappa shape index (κ2) is 6.72. The number of fused-ring (bicyclic) bond motifs is 1. The third-order valence-corrected chi connectivity index (χ3v) is 3.72. The van der Waals surface area contributed by atoms with E-state index in [0.29, 0.717) is 6.42 Å². The molecular weight excluding hydrogens is 268 g/mol. The van der Waals surface area contributed by atoms with Crippen molar-refractivity contribution < 1.29 is 14.3 Å². The van der Waals surface area contributed by atoms with Gasteiger partial charge in [-0.3, -0.25) is 9.59 Å². The fourth-order valence-corrected chi connectivity index (χ4v) is 2.46. The molecule has 114 valence electrons. The van der Waals surface area contributed by atoms with Gasteiger partial charge in [0.25, 0.3) is 5.91 Å². The average molecular weight is 290 g/mol. The SMILES string of the molecule is CCCN1C(=O)CCc2cc(NC(=O)[C@@H](C)OC)ccc21. The van der Waals surface area contributed by atoms with Crippen molar-refractivity contribution in [1.29, 1.82) is 0 Å². The lowest BCUT2D eigenvalue weighted by atomic mass is 10.00. The molecule has 0 bridgehead atoms. The van der Waals surface area contributed by atoms with Crippen molar-refractivity contribution in [2.45, 2.75) is 39.2 Å². The third-order valence-electron chi connectivity index (χ3n) is 3.72. The van der Waals surface area contributed by atoms with Gasteiger partial charge < -0.3 is 15.0 Å². The molecule has 1 aromatic rings. The number of rotatable bonds is 5. The molecule has 1 aliphatic rings. The minimum atomic E-state index is -0.487. The molecule has 21 heavy (non-hydrogen) atoms. The summed E-state index contributed by atoms with van der Waals surface area (Å²) in [5.41, 5.74) is 2.81. The summed E-state index contributed by atoms with van der Waals surface area (Å²) < 4.78 is 4.99. The molecule has 0 saturated heterocycles. The zero-order valence-corrected chi connectivity index (χ0v) is 12.8. The van der Waals surface area contributed by atoms with E-state index in [2.05, 4.69) is 12.2 Å². The van der Waals surface area contributed by atoms with Crippen molar-refractivity contribution >= 4 is 23.2 Å². The van der Waals surface area contributed by atoms with Gasteiger partial charge >= 0.3 is 0 Å². The Labute approximate surface area is 125 Å². The van der Waals surface area contributed by atoms with E-state index in [4.69, 9.17) is 4.74 Å².